The Hall–Kier alpha value is -2.13. The van der Waals surface area contributed by atoms with E-state index in [0.29, 0.717) is 6.54 Å². The van der Waals surface area contributed by atoms with Crippen molar-refractivity contribution in [2.45, 2.75) is 26.7 Å². The van der Waals surface area contributed by atoms with Gasteiger partial charge in [-0.15, -0.1) is 0 Å². The molecule has 0 amide bonds. The second-order valence-electron chi connectivity index (χ2n) is 4.97. The molecular weight excluding hydrogens is 320 g/mol. The SMILES string of the molecule is CCc1ccc(C#CCNc2ccccc2)cc1CC.NS(=O)[O-]. The van der Waals surface area contributed by atoms with Crippen LogP contribution in [-0.2, 0) is 24.1 Å². The van der Waals surface area contributed by atoms with Crippen LogP contribution in [0.4, 0.5) is 5.69 Å². The van der Waals surface area contributed by atoms with Gasteiger partial charge in [-0.3, -0.25) is 9.35 Å². The van der Waals surface area contributed by atoms with E-state index < -0.39 is 11.3 Å². The third kappa shape index (κ3) is 7.93. The number of aryl methyl sites for hydroxylation is 2. The van der Waals surface area contributed by atoms with Gasteiger partial charge in [0.2, 0.25) is 0 Å². The summed E-state index contributed by atoms with van der Waals surface area (Å²) in [6.45, 7) is 5.06. The van der Waals surface area contributed by atoms with Crippen molar-refractivity contribution < 1.29 is 8.76 Å². The summed E-state index contributed by atoms with van der Waals surface area (Å²) in [6.07, 6.45) is 2.16. The van der Waals surface area contributed by atoms with Gasteiger partial charge in [0.1, 0.15) is 0 Å². The lowest BCUT2D eigenvalue weighted by Crippen LogP contribution is -1.98. The highest BCUT2D eigenvalue weighted by molar-refractivity contribution is 7.76. The van der Waals surface area contributed by atoms with Gasteiger partial charge >= 0.3 is 0 Å². The predicted molar refractivity (Wildman–Crippen MR) is 100 cm³/mol. The summed E-state index contributed by atoms with van der Waals surface area (Å²) >= 11 is -2.36. The monoisotopic (exact) mass is 343 g/mol. The van der Waals surface area contributed by atoms with Crippen molar-refractivity contribution in [3.63, 3.8) is 0 Å². The molecule has 0 radical (unpaired) electrons. The van der Waals surface area contributed by atoms with Crippen molar-refractivity contribution in [2.24, 2.45) is 5.14 Å². The summed E-state index contributed by atoms with van der Waals surface area (Å²) < 4.78 is 17.6. The zero-order chi connectivity index (χ0) is 17.8. The number of hydrogen-bond acceptors (Lipinski definition) is 3. The molecule has 2 aromatic rings. The number of hydrogen-bond donors (Lipinski definition) is 2. The first kappa shape index (κ1) is 19.9. The summed E-state index contributed by atoms with van der Waals surface area (Å²) in [4.78, 5) is 0. The molecule has 24 heavy (non-hydrogen) atoms. The quantitative estimate of drug-likeness (QED) is 0.662. The smallest absolute Gasteiger partial charge is 0.0769 e. The van der Waals surface area contributed by atoms with Crippen LogP contribution >= 0.6 is 0 Å². The molecule has 128 valence electrons. The van der Waals surface area contributed by atoms with Crippen molar-refractivity contribution in [1.82, 2.24) is 0 Å². The lowest BCUT2D eigenvalue weighted by atomic mass is 10.0. The highest BCUT2D eigenvalue weighted by Crippen LogP contribution is 2.13. The maximum atomic E-state index is 8.78. The second-order valence-corrected chi connectivity index (χ2v) is 5.49. The van der Waals surface area contributed by atoms with Gasteiger partial charge in [-0.1, -0.05) is 50.0 Å². The topological polar surface area (TPSA) is 78.2 Å². The molecule has 0 saturated heterocycles. The number of rotatable bonds is 4. The number of para-hydroxylation sites is 1. The van der Waals surface area contributed by atoms with Crippen LogP contribution in [0.25, 0.3) is 0 Å². The third-order valence-corrected chi connectivity index (χ3v) is 3.36. The molecule has 0 aliphatic heterocycles. The number of anilines is 1. The Morgan fingerprint density at radius 1 is 1.08 bits per heavy atom. The van der Waals surface area contributed by atoms with Crippen molar-refractivity contribution >= 4 is 17.0 Å². The highest BCUT2D eigenvalue weighted by atomic mass is 32.2. The van der Waals surface area contributed by atoms with Crippen LogP contribution in [0.15, 0.2) is 48.5 Å². The second kappa shape index (κ2) is 11.4. The van der Waals surface area contributed by atoms with Crippen LogP contribution < -0.4 is 10.5 Å². The standard InChI is InChI=1S/C19H21N.H3NO2S/c1-3-17-13-12-16(15-18(17)4-2)9-8-14-20-19-10-6-5-7-11-19;1-4(2)3/h5-7,10-13,15,20H,3-4,14H2,1-2H3;1H2,(H,2,3)/p-1. The van der Waals surface area contributed by atoms with Crippen LogP contribution in [0.3, 0.4) is 0 Å². The van der Waals surface area contributed by atoms with Gasteiger partial charge in [-0.25, -0.2) is 0 Å². The molecule has 1 atom stereocenters. The van der Waals surface area contributed by atoms with Gasteiger partial charge in [0.15, 0.2) is 0 Å². The van der Waals surface area contributed by atoms with Gasteiger partial charge in [-0.05, 0) is 48.2 Å². The van der Waals surface area contributed by atoms with E-state index in [-0.39, 0.29) is 0 Å². The molecule has 2 aromatic carbocycles. The predicted octanol–water partition coefficient (Wildman–Crippen LogP) is 3.01. The zero-order valence-corrected chi connectivity index (χ0v) is 14.9. The maximum Gasteiger partial charge on any atom is 0.0769 e. The molecule has 5 heteroatoms. The fraction of sp³-hybridized carbons (Fsp3) is 0.263. The van der Waals surface area contributed by atoms with Crippen LogP contribution in [0.2, 0.25) is 0 Å². The van der Waals surface area contributed by atoms with E-state index in [1.54, 1.807) is 0 Å². The van der Waals surface area contributed by atoms with E-state index in [1.807, 2.05) is 30.3 Å². The molecule has 2 rings (SSSR count). The van der Waals surface area contributed by atoms with Crippen molar-refractivity contribution in [1.29, 1.82) is 0 Å². The van der Waals surface area contributed by atoms with Crippen molar-refractivity contribution in [3.8, 4) is 11.8 Å². The first-order valence-electron chi connectivity index (χ1n) is 7.80. The minimum Gasteiger partial charge on any atom is -0.760 e. The van der Waals surface area contributed by atoms with Crippen LogP contribution in [0, 0.1) is 11.8 Å². The van der Waals surface area contributed by atoms with Crippen LogP contribution in [-0.4, -0.2) is 15.3 Å². The molecule has 0 spiro atoms. The Balaban J connectivity index is 0.000000648. The van der Waals surface area contributed by atoms with Crippen LogP contribution in [0.1, 0.15) is 30.5 Å². The van der Waals surface area contributed by atoms with Gasteiger partial charge in [-0.2, -0.15) is 0 Å². The lowest BCUT2D eigenvalue weighted by Gasteiger charge is -2.05. The maximum absolute atomic E-state index is 8.78. The van der Waals surface area contributed by atoms with E-state index in [9.17, 15) is 0 Å². The summed E-state index contributed by atoms with van der Waals surface area (Å²) in [7, 11) is 0. The van der Waals surface area contributed by atoms with E-state index in [4.69, 9.17) is 8.76 Å². The number of benzene rings is 2. The van der Waals surface area contributed by atoms with Crippen molar-refractivity contribution in [3.05, 3.63) is 65.2 Å². The summed E-state index contributed by atoms with van der Waals surface area (Å²) in [5.74, 6) is 6.41. The average Bonchev–Trinajstić information content (AvgIpc) is 2.59. The van der Waals surface area contributed by atoms with Gasteiger partial charge in [0.25, 0.3) is 0 Å². The van der Waals surface area contributed by atoms with Gasteiger partial charge < -0.3 is 9.87 Å². The molecule has 3 N–H and O–H groups in total. The molecule has 4 nitrogen and oxygen atoms in total. The molecular formula is C19H23N2O2S-. The lowest BCUT2D eigenvalue weighted by molar-refractivity contribution is 0.539. The highest BCUT2D eigenvalue weighted by Gasteiger charge is 1.98. The first-order chi connectivity index (χ1) is 11.6. The molecule has 1 unspecified atom stereocenters. The number of nitrogens with two attached hydrogens (primary N) is 1. The fourth-order valence-corrected chi connectivity index (χ4v) is 2.23. The average molecular weight is 343 g/mol. The van der Waals surface area contributed by atoms with Crippen molar-refractivity contribution in [2.75, 3.05) is 11.9 Å². The van der Waals surface area contributed by atoms with E-state index in [0.717, 1.165) is 24.1 Å². The molecule has 0 aliphatic carbocycles. The van der Waals surface area contributed by atoms with Crippen LogP contribution in [0.5, 0.6) is 0 Å². The van der Waals surface area contributed by atoms with E-state index >= 15 is 0 Å². The number of nitrogens with one attached hydrogen (secondary N) is 1. The Kier molecular flexibility index (Phi) is 9.47. The fourth-order valence-electron chi connectivity index (χ4n) is 2.23. The Bertz CT molecular complexity index is 702. The normalized spacial score (nSPS) is 10.7. The zero-order valence-electron chi connectivity index (χ0n) is 14.0. The summed E-state index contributed by atoms with van der Waals surface area (Å²) in [5, 5.41) is 7.32. The molecule has 0 aliphatic rings. The minimum absolute atomic E-state index is 0.668. The largest absolute Gasteiger partial charge is 0.760 e. The van der Waals surface area contributed by atoms with Gasteiger partial charge in [0, 0.05) is 22.5 Å². The third-order valence-electron chi connectivity index (χ3n) is 3.36. The molecule has 0 heterocycles. The Labute approximate surface area is 146 Å². The Morgan fingerprint density at radius 2 is 1.71 bits per heavy atom. The molecule has 0 fully saturated rings. The first-order valence-corrected chi connectivity index (χ1v) is 8.93. The van der Waals surface area contributed by atoms with E-state index in [1.165, 1.54) is 11.1 Å². The summed E-state index contributed by atoms with van der Waals surface area (Å²) in [5.41, 5.74) is 5.06. The molecule has 0 aromatic heterocycles. The van der Waals surface area contributed by atoms with E-state index in [2.05, 4.69) is 54.3 Å². The Morgan fingerprint density at radius 3 is 2.29 bits per heavy atom. The molecule has 0 saturated carbocycles. The van der Waals surface area contributed by atoms with Gasteiger partial charge in [0.05, 0.1) is 6.54 Å². The molecule has 0 bridgehead atoms. The summed E-state index contributed by atoms with van der Waals surface area (Å²) in [6, 6.07) is 16.7. The minimum atomic E-state index is -2.36.